The smallest absolute Gasteiger partial charge is 0.305 e. The van der Waals surface area contributed by atoms with Crippen LogP contribution in [0.3, 0.4) is 0 Å². The molecule has 0 bridgehead atoms. The lowest BCUT2D eigenvalue weighted by atomic mass is 10.5. The van der Waals surface area contributed by atoms with E-state index in [1.54, 1.807) is 13.8 Å². The van der Waals surface area contributed by atoms with E-state index in [0.717, 1.165) is 6.07 Å². The van der Waals surface area contributed by atoms with E-state index in [9.17, 15) is 8.96 Å². The summed E-state index contributed by atoms with van der Waals surface area (Å²) in [5.41, 5.74) is 0. The van der Waals surface area contributed by atoms with Gasteiger partial charge in [0.15, 0.2) is 0 Å². The number of halogens is 1. The molecule has 0 saturated heterocycles. The predicted octanol–water partition coefficient (Wildman–Crippen LogP) is 2.11. The zero-order valence-electron chi connectivity index (χ0n) is 8.64. The van der Waals surface area contributed by atoms with Gasteiger partial charge in [-0.1, -0.05) is 0 Å². The average Bonchev–Trinajstić information content (AvgIpc) is 2.19. The van der Waals surface area contributed by atoms with Crippen LogP contribution in [0.4, 0.5) is 4.39 Å². The summed E-state index contributed by atoms with van der Waals surface area (Å²) in [6, 6.07) is 2.48. The van der Waals surface area contributed by atoms with E-state index in [4.69, 9.17) is 9.05 Å². The second-order valence-corrected chi connectivity index (χ2v) is 4.70. The van der Waals surface area contributed by atoms with Gasteiger partial charge in [-0.25, -0.2) is 4.98 Å². The molecule has 0 aliphatic heterocycles. The fourth-order valence-corrected chi connectivity index (χ4v) is 2.57. The number of pyridine rings is 1. The highest BCUT2D eigenvalue weighted by atomic mass is 31.2. The molecule has 1 rings (SSSR count). The minimum atomic E-state index is -3.32. The molecule has 1 aromatic rings. The fourth-order valence-electron chi connectivity index (χ4n) is 1.06. The Morgan fingerprint density at radius 3 is 2.33 bits per heavy atom. The summed E-state index contributed by atoms with van der Waals surface area (Å²) in [4.78, 5) is 3.41. The second-order valence-electron chi connectivity index (χ2n) is 2.67. The first-order valence-corrected chi connectivity index (χ1v) is 6.18. The molecule has 0 aromatic carbocycles. The first-order chi connectivity index (χ1) is 7.12. The molecule has 0 fully saturated rings. The lowest BCUT2D eigenvalue weighted by Crippen LogP contribution is -2.11. The van der Waals surface area contributed by atoms with E-state index < -0.39 is 13.5 Å². The third kappa shape index (κ3) is 3.09. The minimum Gasteiger partial charge on any atom is -0.305 e. The second kappa shape index (κ2) is 5.35. The van der Waals surface area contributed by atoms with Gasteiger partial charge in [-0.3, -0.25) is 4.57 Å². The van der Waals surface area contributed by atoms with Gasteiger partial charge in [0.2, 0.25) is 5.95 Å². The molecule has 0 saturated carbocycles. The molecule has 6 heteroatoms. The van der Waals surface area contributed by atoms with E-state index in [0.29, 0.717) is 0 Å². The Labute approximate surface area is 88.0 Å². The van der Waals surface area contributed by atoms with Crippen molar-refractivity contribution in [1.82, 2.24) is 4.98 Å². The van der Waals surface area contributed by atoms with Crippen LogP contribution < -0.4 is 5.30 Å². The topological polar surface area (TPSA) is 48.4 Å². The lowest BCUT2D eigenvalue weighted by Gasteiger charge is -2.16. The van der Waals surface area contributed by atoms with Crippen molar-refractivity contribution in [2.45, 2.75) is 13.8 Å². The van der Waals surface area contributed by atoms with Gasteiger partial charge in [-0.05, 0) is 26.0 Å². The maximum atomic E-state index is 12.6. The van der Waals surface area contributed by atoms with Gasteiger partial charge in [0, 0.05) is 6.20 Å². The number of rotatable bonds is 5. The molecule has 84 valence electrons. The van der Waals surface area contributed by atoms with Crippen molar-refractivity contribution in [1.29, 1.82) is 0 Å². The summed E-state index contributed by atoms with van der Waals surface area (Å²) in [5, 5.41) is 0.271. The first kappa shape index (κ1) is 12.3. The maximum absolute atomic E-state index is 12.6. The van der Waals surface area contributed by atoms with Gasteiger partial charge >= 0.3 is 7.60 Å². The normalized spacial score (nSPS) is 11.7. The van der Waals surface area contributed by atoms with E-state index in [1.807, 2.05) is 0 Å². The van der Waals surface area contributed by atoms with Crippen LogP contribution in [-0.2, 0) is 13.6 Å². The Bertz CT molecular complexity index is 345. The highest BCUT2D eigenvalue weighted by molar-refractivity contribution is 7.62. The molecule has 15 heavy (non-hydrogen) atoms. The van der Waals surface area contributed by atoms with Gasteiger partial charge in [0.25, 0.3) is 0 Å². The molecule has 0 unspecified atom stereocenters. The Morgan fingerprint density at radius 2 is 1.93 bits per heavy atom. The van der Waals surface area contributed by atoms with Crippen LogP contribution in [0.5, 0.6) is 0 Å². The van der Waals surface area contributed by atoms with Crippen molar-refractivity contribution in [3.8, 4) is 0 Å². The van der Waals surface area contributed by atoms with Gasteiger partial charge in [-0.15, -0.1) is 0 Å². The van der Waals surface area contributed by atoms with Crippen molar-refractivity contribution in [2.24, 2.45) is 0 Å². The zero-order chi connectivity index (χ0) is 11.3. The highest BCUT2D eigenvalue weighted by Crippen LogP contribution is 2.46. The number of hydrogen-bond acceptors (Lipinski definition) is 4. The molecule has 0 aliphatic rings. The van der Waals surface area contributed by atoms with Crippen LogP contribution in [0, 0.1) is 5.95 Å². The minimum absolute atomic E-state index is 0.259. The van der Waals surface area contributed by atoms with Crippen LogP contribution in [0.1, 0.15) is 13.8 Å². The van der Waals surface area contributed by atoms with Crippen molar-refractivity contribution < 1.29 is 18.0 Å². The van der Waals surface area contributed by atoms with Crippen molar-refractivity contribution in [3.63, 3.8) is 0 Å². The Balaban J connectivity index is 2.98. The summed E-state index contributed by atoms with van der Waals surface area (Å²) in [7, 11) is -3.32. The molecule has 0 aliphatic carbocycles. The highest BCUT2D eigenvalue weighted by Gasteiger charge is 2.26. The van der Waals surface area contributed by atoms with Crippen LogP contribution in [0.2, 0.25) is 0 Å². The standard InChI is InChI=1S/C9H13FNO3P/c1-3-13-15(12,14-4-2)8-5-6-9(10)11-7-8/h5-7H,3-4H2,1-2H3. The van der Waals surface area contributed by atoms with Gasteiger partial charge in [-0.2, -0.15) is 4.39 Å². The fraction of sp³-hybridized carbons (Fsp3) is 0.444. The molecule has 0 radical (unpaired) electrons. The van der Waals surface area contributed by atoms with Gasteiger partial charge in [0.05, 0.1) is 18.5 Å². The third-order valence-electron chi connectivity index (χ3n) is 1.63. The monoisotopic (exact) mass is 233 g/mol. The molecule has 0 spiro atoms. The Morgan fingerprint density at radius 1 is 1.33 bits per heavy atom. The van der Waals surface area contributed by atoms with Crippen LogP contribution in [-0.4, -0.2) is 18.2 Å². The molecule has 0 atom stereocenters. The van der Waals surface area contributed by atoms with Gasteiger partial charge in [0.1, 0.15) is 0 Å². The largest absolute Gasteiger partial charge is 0.362 e. The van der Waals surface area contributed by atoms with E-state index >= 15 is 0 Å². The summed E-state index contributed by atoms with van der Waals surface area (Å²) < 4.78 is 34.8. The summed E-state index contributed by atoms with van der Waals surface area (Å²) in [5.74, 6) is -0.627. The number of nitrogens with zero attached hydrogens (tertiary/aromatic N) is 1. The maximum Gasteiger partial charge on any atom is 0.362 e. The van der Waals surface area contributed by atoms with E-state index in [1.165, 1.54) is 12.3 Å². The Kier molecular flexibility index (Phi) is 4.39. The Hall–Kier alpha value is -0.770. The summed E-state index contributed by atoms with van der Waals surface area (Å²) in [6.07, 6.45) is 1.17. The number of hydrogen-bond donors (Lipinski definition) is 0. The lowest BCUT2D eigenvalue weighted by molar-refractivity contribution is 0.230. The van der Waals surface area contributed by atoms with Crippen LogP contribution >= 0.6 is 7.60 Å². The van der Waals surface area contributed by atoms with Crippen LogP contribution in [0.25, 0.3) is 0 Å². The zero-order valence-corrected chi connectivity index (χ0v) is 9.54. The summed E-state index contributed by atoms with van der Waals surface area (Å²) in [6.45, 7) is 3.94. The SMILES string of the molecule is CCOP(=O)(OCC)c1ccc(F)nc1. The molecule has 0 amide bonds. The molecule has 1 heterocycles. The van der Waals surface area contributed by atoms with Crippen molar-refractivity contribution in [3.05, 3.63) is 24.3 Å². The van der Waals surface area contributed by atoms with E-state index in [-0.39, 0.29) is 18.5 Å². The molecular formula is C9H13FNO3P. The third-order valence-corrected chi connectivity index (χ3v) is 3.72. The van der Waals surface area contributed by atoms with Crippen LogP contribution in [0.15, 0.2) is 18.3 Å². The molecular weight excluding hydrogens is 220 g/mol. The quantitative estimate of drug-likeness (QED) is 0.577. The molecule has 0 N–H and O–H groups in total. The van der Waals surface area contributed by atoms with Crippen molar-refractivity contribution >= 4 is 12.9 Å². The summed E-state index contributed by atoms with van der Waals surface area (Å²) >= 11 is 0. The first-order valence-electron chi connectivity index (χ1n) is 4.63. The number of aromatic nitrogens is 1. The molecule has 1 aromatic heterocycles. The average molecular weight is 233 g/mol. The van der Waals surface area contributed by atoms with Crippen molar-refractivity contribution in [2.75, 3.05) is 13.2 Å². The van der Waals surface area contributed by atoms with Gasteiger partial charge < -0.3 is 9.05 Å². The predicted molar refractivity (Wildman–Crippen MR) is 54.7 cm³/mol. The van der Waals surface area contributed by atoms with E-state index in [2.05, 4.69) is 4.98 Å². The molecule has 4 nitrogen and oxygen atoms in total.